The molecule has 2 aromatic heterocycles. The van der Waals surface area contributed by atoms with Gasteiger partial charge in [-0.3, -0.25) is 9.62 Å². The van der Waals surface area contributed by atoms with Gasteiger partial charge in [-0.15, -0.1) is 0 Å². The van der Waals surface area contributed by atoms with Crippen molar-refractivity contribution >= 4 is 27.0 Å². The van der Waals surface area contributed by atoms with Gasteiger partial charge < -0.3 is 4.42 Å². The highest BCUT2D eigenvalue weighted by atomic mass is 32.2. The highest BCUT2D eigenvalue weighted by Gasteiger charge is 2.26. The lowest BCUT2D eigenvalue weighted by atomic mass is 10.0. The van der Waals surface area contributed by atoms with E-state index in [0.717, 1.165) is 5.56 Å². The summed E-state index contributed by atoms with van der Waals surface area (Å²) in [6.45, 7) is 1.48. The topological polar surface area (TPSA) is 62.6 Å². The molecule has 5 nitrogen and oxygen atoms in total. The molecular weight excluding hydrogens is 375 g/mol. The van der Waals surface area contributed by atoms with Crippen LogP contribution in [-0.4, -0.2) is 32.6 Å². The Labute approximate surface area is 155 Å². The summed E-state index contributed by atoms with van der Waals surface area (Å²) in [5, 5.41) is 3.30. The molecule has 26 heavy (non-hydrogen) atoms. The van der Waals surface area contributed by atoms with Gasteiger partial charge in [-0.2, -0.15) is 11.3 Å². The molecule has 1 aliphatic heterocycles. The average molecular weight is 392 g/mol. The van der Waals surface area contributed by atoms with E-state index in [4.69, 9.17) is 4.42 Å². The van der Waals surface area contributed by atoms with Crippen molar-refractivity contribution in [2.24, 2.45) is 0 Å². The molecule has 136 valence electrons. The largest absolute Gasteiger partial charge is 0.464 e. The van der Waals surface area contributed by atoms with Crippen LogP contribution < -0.4 is 4.72 Å². The van der Waals surface area contributed by atoms with E-state index in [0.29, 0.717) is 36.6 Å². The average Bonchev–Trinajstić information content (AvgIpc) is 3.28. The quantitative estimate of drug-likeness (QED) is 0.690. The standard InChI is InChI=1S/C18H17FN2O3S2/c19-14-10-21(11-14)9-13-3-4-17(16(8-13)18-2-1-6-24-18)20-26(22,23)15-5-7-25-12-15/h1-8,12,14,20H,9-11H2. The summed E-state index contributed by atoms with van der Waals surface area (Å²) in [6, 6.07) is 10.6. The zero-order valence-electron chi connectivity index (χ0n) is 13.8. The van der Waals surface area contributed by atoms with Crippen LogP contribution in [0.25, 0.3) is 11.3 Å². The summed E-state index contributed by atoms with van der Waals surface area (Å²) in [5.41, 5.74) is 2.08. The van der Waals surface area contributed by atoms with Crippen molar-refractivity contribution in [1.82, 2.24) is 4.90 Å². The molecule has 8 heteroatoms. The minimum Gasteiger partial charge on any atom is -0.464 e. The van der Waals surface area contributed by atoms with E-state index in [1.54, 1.807) is 41.3 Å². The highest BCUT2D eigenvalue weighted by Crippen LogP contribution is 2.32. The maximum atomic E-state index is 13.0. The predicted molar refractivity (Wildman–Crippen MR) is 99.4 cm³/mol. The first kappa shape index (κ1) is 17.3. The van der Waals surface area contributed by atoms with Crippen LogP contribution in [0.15, 0.2) is 62.7 Å². The Balaban J connectivity index is 1.65. The molecule has 1 N–H and O–H groups in total. The molecule has 4 rings (SSSR count). The molecule has 3 heterocycles. The monoisotopic (exact) mass is 392 g/mol. The maximum Gasteiger partial charge on any atom is 0.262 e. The number of alkyl halides is 1. The van der Waals surface area contributed by atoms with Gasteiger partial charge in [0.05, 0.1) is 16.8 Å². The van der Waals surface area contributed by atoms with E-state index in [1.165, 1.54) is 11.3 Å². The Hall–Kier alpha value is -2.16. The van der Waals surface area contributed by atoms with E-state index < -0.39 is 16.2 Å². The Morgan fingerprint density at radius 1 is 1.27 bits per heavy atom. The maximum absolute atomic E-state index is 13.0. The first-order valence-electron chi connectivity index (χ1n) is 8.09. The van der Waals surface area contributed by atoms with Gasteiger partial charge in [0.15, 0.2) is 0 Å². The van der Waals surface area contributed by atoms with Crippen molar-refractivity contribution in [2.45, 2.75) is 17.6 Å². The van der Waals surface area contributed by atoms with E-state index >= 15 is 0 Å². The van der Waals surface area contributed by atoms with E-state index in [9.17, 15) is 12.8 Å². The van der Waals surface area contributed by atoms with Gasteiger partial charge in [0, 0.05) is 30.6 Å². The second-order valence-corrected chi connectivity index (χ2v) is 8.68. The van der Waals surface area contributed by atoms with E-state index in [1.807, 2.05) is 17.0 Å². The van der Waals surface area contributed by atoms with Gasteiger partial charge in [-0.25, -0.2) is 12.8 Å². The summed E-state index contributed by atoms with van der Waals surface area (Å²) < 4.78 is 46.2. The summed E-state index contributed by atoms with van der Waals surface area (Å²) in [7, 11) is -3.66. The van der Waals surface area contributed by atoms with Crippen molar-refractivity contribution in [3.05, 3.63) is 59.0 Å². The van der Waals surface area contributed by atoms with Gasteiger partial charge in [-0.05, 0) is 41.3 Å². The fourth-order valence-corrected chi connectivity index (χ4v) is 5.03. The Morgan fingerprint density at radius 3 is 2.77 bits per heavy atom. The fraction of sp³-hybridized carbons (Fsp3) is 0.222. The second kappa shape index (κ2) is 6.86. The number of thiophene rings is 1. The first-order chi connectivity index (χ1) is 12.5. The first-order valence-corrected chi connectivity index (χ1v) is 10.5. The lowest BCUT2D eigenvalue weighted by Gasteiger charge is -2.34. The third-order valence-electron chi connectivity index (χ3n) is 4.24. The van der Waals surface area contributed by atoms with Gasteiger partial charge in [0.1, 0.15) is 11.9 Å². The molecule has 0 bridgehead atoms. The normalized spacial score (nSPS) is 15.7. The number of benzene rings is 1. The number of likely N-dealkylation sites (tertiary alicyclic amines) is 1. The van der Waals surface area contributed by atoms with Crippen molar-refractivity contribution < 1.29 is 17.2 Å². The predicted octanol–water partition coefficient (Wildman–Crippen LogP) is 3.96. The Kier molecular flexibility index (Phi) is 4.56. The van der Waals surface area contributed by atoms with Crippen LogP contribution in [0.3, 0.4) is 0 Å². The molecule has 1 aliphatic rings. The number of hydrogen-bond donors (Lipinski definition) is 1. The molecule has 0 unspecified atom stereocenters. The van der Waals surface area contributed by atoms with Gasteiger partial charge in [-0.1, -0.05) is 6.07 Å². The van der Waals surface area contributed by atoms with Crippen molar-refractivity contribution in [2.75, 3.05) is 17.8 Å². The summed E-state index contributed by atoms with van der Waals surface area (Å²) in [6.07, 6.45) is 0.790. The number of sulfonamides is 1. The van der Waals surface area contributed by atoms with Gasteiger partial charge in [0.25, 0.3) is 10.0 Å². The third kappa shape index (κ3) is 3.53. The molecule has 1 fully saturated rings. The summed E-state index contributed by atoms with van der Waals surface area (Å²) in [4.78, 5) is 2.23. The number of furan rings is 1. The molecule has 0 atom stereocenters. The molecule has 0 spiro atoms. The lowest BCUT2D eigenvalue weighted by molar-refractivity contribution is 0.0591. The SMILES string of the molecule is O=S(=O)(Nc1ccc(CN2CC(F)C2)cc1-c1ccco1)c1ccsc1. The van der Waals surface area contributed by atoms with Crippen molar-refractivity contribution in [3.63, 3.8) is 0 Å². The molecule has 1 aromatic carbocycles. The van der Waals surface area contributed by atoms with Crippen LogP contribution in [0.5, 0.6) is 0 Å². The zero-order chi connectivity index (χ0) is 18.1. The number of nitrogens with one attached hydrogen (secondary N) is 1. The third-order valence-corrected chi connectivity index (χ3v) is 6.43. The van der Waals surface area contributed by atoms with E-state index in [2.05, 4.69) is 4.72 Å². The van der Waals surface area contributed by atoms with E-state index in [-0.39, 0.29) is 4.90 Å². The number of halogens is 1. The Bertz CT molecular complexity index is 980. The van der Waals surface area contributed by atoms with Crippen molar-refractivity contribution in [1.29, 1.82) is 0 Å². The zero-order valence-corrected chi connectivity index (χ0v) is 15.4. The van der Waals surface area contributed by atoms with Crippen LogP contribution >= 0.6 is 11.3 Å². The lowest BCUT2D eigenvalue weighted by Crippen LogP contribution is -2.47. The fourth-order valence-electron chi connectivity index (χ4n) is 2.92. The molecule has 0 aliphatic carbocycles. The minimum atomic E-state index is -3.66. The van der Waals surface area contributed by atoms with Crippen LogP contribution in [0.2, 0.25) is 0 Å². The van der Waals surface area contributed by atoms with Crippen LogP contribution in [0.4, 0.5) is 10.1 Å². The molecule has 0 radical (unpaired) electrons. The van der Waals surface area contributed by atoms with Crippen LogP contribution in [-0.2, 0) is 16.6 Å². The second-order valence-electron chi connectivity index (χ2n) is 6.21. The van der Waals surface area contributed by atoms with Gasteiger partial charge >= 0.3 is 0 Å². The number of rotatable bonds is 6. The number of nitrogens with zero attached hydrogens (tertiary/aromatic N) is 1. The van der Waals surface area contributed by atoms with Gasteiger partial charge in [0.2, 0.25) is 0 Å². The molecule has 3 aromatic rings. The summed E-state index contributed by atoms with van der Waals surface area (Å²) >= 11 is 1.32. The highest BCUT2D eigenvalue weighted by molar-refractivity contribution is 7.92. The van der Waals surface area contributed by atoms with Crippen LogP contribution in [0.1, 0.15) is 5.56 Å². The Morgan fingerprint density at radius 2 is 2.12 bits per heavy atom. The smallest absolute Gasteiger partial charge is 0.262 e. The molecule has 1 saturated heterocycles. The molecule has 0 saturated carbocycles. The summed E-state index contributed by atoms with van der Waals surface area (Å²) in [5.74, 6) is 0.571. The van der Waals surface area contributed by atoms with Crippen molar-refractivity contribution in [3.8, 4) is 11.3 Å². The minimum absolute atomic E-state index is 0.228. The molecule has 0 amide bonds. The van der Waals surface area contributed by atoms with Crippen LogP contribution in [0, 0.1) is 0 Å². The number of anilines is 1. The number of hydrogen-bond acceptors (Lipinski definition) is 5. The molecular formula is C18H17FN2O3S2.